The maximum atomic E-state index is 14.1. The number of methoxy groups -OCH3 is 3. The van der Waals surface area contributed by atoms with Gasteiger partial charge in [0, 0.05) is 37.3 Å². The normalized spacial score (nSPS) is 16.1. The summed E-state index contributed by atoms with van der Waals surface area (Å²) < 4.78 is 44.5. The molecule has 32 heavy (non-hydrogen) atoms. The maximum absolute atomic E-state index is 14.1. The van der Waals surface area contributed by atoms with E-state index >= 15 is 0 Å². The second-order valence-corrected chi connectivity index (χ2v) is 7.36. The average Bonchev–Trinajstić information content (AvgIpc) is 3.24. The van der Waals surface area contributed by atoms with Crippen LogP contribution in [-0.4, -0.2) is 53.0 Å². The quantitative estimate of drug-likeness (QED) is 0.477. The fraction of sp³-hybridized carbons (Fsp3) is 0.435. The molecule has 1 heterocycles. The summed E-state index contributed by atoms with van der Waals surface area (Å²) >= 11 is 0. The predicted octanol–water partition coefficient (Wildman–Crippen LogP) is 3.32. The summed E-state index contributed by atoms with van der Waals surface area (Å²) in [5.74, 6) is 1.33. The summed E-state index contributed by atoms with van der Waals surface area (Å²) in [5.41, 5.74) is 0.859. The van der Waals surface area contributed by atoms with Crippen LogP contribution in [0.3, 0.4) is 0 Å². The van der Waals surface area contributed by atoms with E-state index < -0.39 is 11.6 Å². The monoisotopic (exact) mass is 448 g/mol. The van der Waals surface area contributed by atoms with Gasteiger partial charge in [-0.3, -0.25) is 0 Å². The van der Waals surface area contributed by atoms with E-state index in [0.29, 0.717) is 49.4 Å². The summed E-state index contributed by atoms with van der Waals surface area (Å²) in [4.78, 5) is 6.40. The van der Waals surface area contributed by atoms with Crippen LogP contribution < -0.4 is 29.7 Å². The van der Waals surface area contributed by atoms with Crippen molar-refractivity contribution in [2.75, 3.05) is 45.9 Å². The van der Waals surface area contributed by atoms with Crippen molar-refractivity contribution in [3.63, 3.8) is 0 Å². The number of hydrogen-bond donors (Lipinski definition) is 2. The first-order valence-electron chi connectivity index (χ1n) is 10.5. The Labute approximate surface area is 187 Å². The van der Waals surface area contributed by atoms with Crippen molar-refractivity contribution in [3.8, 4) is 17.2 Å². The number of nitrogens with one attached hydrogen (secondary N) is 2. The van der Waals surface area contributed by atoms with Gasteiger partial charge < -0.3 is 29.7 Å². The van der Waals surface area contributed by atoms with Crippen LogP contribution in [0, 0.1) is 11.6 Å². The lowest BCUT2D eigenvalue weighted by Gasteiger charge is -2.21. The number of halogens is 2. The van der Waals surface area contributed by atoms with Crippen molar-refractivity contribution in [1.82, 2.24) is 10.6 Å². The number of aliphatic imine (C=N–C) groups is 1. The minimum absolute atomic E-state index is 0.000829. The molecular weight excluding hydrogens is 418 g/mol. The Hall–Kier alpha value is -3.23. The average molecular weight is 449 g/mol. The Morgan fingerprint density at radius 1 is 1.06 bits per heavy atom. The molecule has 0 amide bonds. The molecule has 0 aromatic heterocycles. The van der Waals surface area contributed by atoms with E-state index in [1.807, 2.05) is 13.0 Å². The van der Waals surface area contributed by atoms with Crippen molar-refractivity contribution in [3.05, 3.63) is 47.5 Å². The number of nitrogens with zero attached hydrogens (tertiary/aromatic N) is 2. The fourth-order valence-corrected chi connectivity index (χ4v) is 3.77. The number of benzene rings is 2. The van der Waals surface area contributed by atoms with Crippen molar-refractivity contribution in [2.24, 2.45) is 4.99 Å². The van der Waals surface area contributed by atoms with Gasteiger partial charge in [-0.05, 0) is 31.5 Å². The summed E-state index contributed by atoms with van der Waals surface area (Å²) in [6.45, 7) is 4.02. The van der Waals surface area contributed by atoms with Gasteiger partial charge in [0.1, 0.15) is 23.1 Å². The van der Waals surface area contributed by atoms with Gasteiger partial charge in [0.15, 0.2) is 17.5 Å². The lowest BCUT2D eigenvalue weighted by atomic mass is 10.1. The Morgan fingerprint density at radius 3 is 2.34 bits per heavy atom. The minimum Gasteiger partial charge on any atom is -0.496 e. The molecular formula is C23H30F2N4O3. The van der Waals surface area contributed by atoms with Gasteiger partial charge in [0.2, 0.25) is 0 Å². The molecule has 0 saturated carbocycles. The van der Waals surface area contributed by atoms with Crippen LogP contribution in [0.2, 0.25) is 0 Å². The van der Waals surface area contributed by atoms with Gasteiger partial charge in [-0.2, -0.15) is 0 Å². The minimum atomic E-state index is -0.549. The summed E-state index contributed by atoms with van der Waals surface area (Å²) in [7, 11) is 4.74. The SMILES string of the molecule is CCNC(=NCc1cc(OC)c(OC)cc1OC)NC1CCN(c2c(F)cccc2F)C1. The van der Waals surface area contributed by atoms with E-state index in [0.717, 1.165) is 12.0 Å². The third-order valence-electron chi connectivity index (χ3n) is 5.32. The lowest BCUT2D eigenvalue weighted by Crippen LogP contribution is -2.44. The lowest BCUT2D eigenvalue weighted by molar-refractivity contribution is 0.347. The highest BCUT2D eigenvalue weighted by Gasteiger charge is 2.27. The molecule has 2 aromatic carbocycles. The van der Waals surface area contributed by atoms with Crippen LogP contribution in [-0.2, 0) is 6.54 Å². The maximum Gasteiger partial charge on any atom is 0.191 e. The molecule has 9 heteroatoms. The highest BCUT2D eigenvalue weighted by atomic mass is 19.1. The largest absolute Gasteiger partial charge is 0.496 e. The number of anilines is 1. The summed E-state index contributed by atoms with van der Waals surface area (Å²) in [6.07, 6.45) is 0.734. The summed E-state index contributed by atoms with van der Waals surface area (Å²) in [6, 6.07) is 7.53. The molecule has 2 N–H and O–H groups in total. The molecule has 1 atom stereocenters. The number of para-hydroxylation sites is 1. The highest BCUT2D eigenvalue weighted by molar-refractivity contribution is 5.80. The van der Waals surface area contributed by atoms with E-state index in [9.17, 15) is 8.78 Å². The molecule has 1 aliphatic heterocycles. The second kappa shape index (κ2) is 10.9. The Bertz CT molecular complexity index is 935. The van der Waals surface area contributed by atoms with E-state index in [-0.39, 0.29) is 11.7 Å². The van der Waals surface area contributed by atoms with Gasteiger partial charge in [0.25, 0.3) is 0 Å². The van der Waals surface area contributed by atoms with Crippen LogP contribution in [0.4, 0.5) is 14.5 Å². The van der Waals surface area contributed by atoms with E-state index in [4.69, 9.17) is 14.2 Å². The molecule has 3 rings (SSSR count). The first-order valence-corrected chi connectivity index (χ1v) is 10.5. The number of ether oxygens (including phenoxy) is 3. The fourth-order valence-electron chi connectivity index (χ4n) is 3.77. The molecule has 0 spiro atoms. The molecule has 0 aliphatic carbocycles. The standard InChI is InChI=1S/C23H30F2N4O3/c1-5-26-23(27-13-15-11-20(31-3)21(32-4)12-19(15)30-2)28-16-9-10-29(14-16)22-17(24)7-6-8-18(22)25/h6-8,11-12,16H,5,9-10,13-14H2,1-4H3,(H2,26,27,28). The molecule has 1 saturated heterocycles. The topological polar surface area (TPSA) is 67.4 Å². The van der Waals surface area contributed by atoms with Gasteiger partial charge in [-0.25, -0.2) is 13.8 Å². The third-order valence-corrected chi connectivity index (χ3v) is 5.32. The molecule has 2 aromatic rings. The molecule has 1 aliphatic rings. The first kappa shape index (κ1) is 23.4. The highest BCUT2D eigenvalue weighted by Crippen LogP contribution is 2.35. The smallest absolute Gasteiger partial charge is 0.191 e. The van der Waals surface area contributed by atoms with E-state index in [1.54, 1.807) is 32.3 Å². The third kappa shape index (κ3) is 5.33. The van der Waals surface area contributed by atoms with Crippen molar-refractivity contribution < 1.29 is 23.0 Å². The van der Waals surface area contributed by atoms with Crippen LogP contribution in [0.15, 0.2) is 35.3 Å². The second-order valence-electron chi connectivity index (χ2n) is 7.36. The van der Waals surface area contributed by atoms with Gasteiger partial charge >= 0.3 is 0 Å². The number of rotatable bonds is 8. The van der Waals surface area contributed by atoms with Crippen LogP contribution in [0.1, 0.15) is 18.9 Å². The number of hydrogen-bond acceptors (Lipinski definition) is 5. The van der Waals surface area contributed by atoms with Crippen molar-refractivity contribution in [2.45, 2.75) is 25.9 Å². The van der Waals surface area contributed by atoms with E-state index in [2.05, 4.69) is 15.6 Å². The van der Waals surface area contributed by atoms with Crippen molar-refractivity contribution >= 4 is 11.6 Å². The number of guanidine groups is 1. The van der Waals surface area contributed by atoms with Gasteiger partial charge in [-0.15, -0.1) is 0 Å². The van der Waals surface area contributed by atoms with Crippen LogP contribution in [0.25, 0.3) is 0 Å². The molecule has 0 bridgehead atoms. The Morgan fingerprint density at radius 2 is 1.72 bits per heavy atom. The molecule has 174 valence electrons. The first-order chi connectivity index (χ1) is 15.5. The molecule has 1 fully saturated rings. The summed E-state index contributed by atoms with van der Waals surface area (Å²) in [5, 5.41) is 6.59. The van der Waals surface area contributed by atoms with E-state index in [1.165, 1.54) is 18.2 Å². The zero-order valence-electron chi connectivity index (χ0n) is 18.9. The van der Waals surface area contributed by atoms with Crippen molar-refractivity contribution in [1.29, 1.82) is 0 Å². The predicted molar refractivity (Wildman–Crippen MR) is 121 cm³/mol. The van der Waals surface area contributed by atoms with Gasteiger partial charge in [-0.1, -0.05) is 6.07 Å². The molecule has 0 radical (unpaired) electrons. The van der Waals surface area contributed by atoms with Crippen LogP contribution >= 0.6 is 0 Å². The molecule has 7 nitrogen and oxygen atoms in total. The van der Waals surface area contributed by atoms with Gasteiger partial charge in [0.05, 0.1) is 27.9 Å². The van der Waals surface area contributed by atoms with Crippen LogP contribution in [0.5, 0.6) is 17.2 Å². The Balaban J connectivity index is 1.72. The Kier molecular flexibility index (Phi) is 7.97. The zero-order valence-corrected chi connectivity index (χ0v) is 18.9. The zero-order chi connectivity index (χ0) is 23.1. The molecule has 1 unspecified atom stereocenters.